The standard InChI is InChI=1S/C28H27N5O2/c1-35-26-10-6-5-9-25(26)28-22(21-33(30-28)24-7-3-2-4-8-24)11-12-27(34)32-19-17-31(18-20-32)23-13-15-29-16-14-23/h2-16,21H,17-20H2,1H3/b12-11+. The van der Waals surface area contributed by atoms with Gasteiger partial charge in [-0.3, -0.25) is 9.78 Å². The molecule has 5 rings (SSSR count). The number of aromatic nitrogens is 3. The van der Waals surface area contributed by atoms with Gasteiger partial charge in [0.15, 0.2) is 0 Å². The third-order valence-electron chi connectivity index (χ3n) is 6.15. The molecule has 1 aliphatic heterocycles. The number of methoxy groups -OCH3 is 1. The lowest BCUT2D eigenvalue weighted by atomic mass is 10.1. The van der Waals surface area contributed by atoms with E-state index in [0.29, 0.717) is 13.1 Å². The first-order valence-electron chi connectivity index (χ1n) is 11.6. The summed E-state index contributed by atoms with van der Waals surface area (Å²) >= 11 is 0. The van der Waals surface area contributed by atoms with Crippen molar-refractivity contribution in [3.05, 3.63) is 97.0 Å². The van der Waals surface area contributed by atoms with E-state index in [2.05, 4.69) is 9.88 Å². The van der Waals surface area contributed by atoms with Crippen molar-refractivity contribution in [3.8, 4) is 22.7 Å². The molecule has 1 amide bonds. The van der Waals surface area contributed by atoms with Gasteiger partial charge in [-0.2, -0.15) is 5.10 Å². The van der Waals surface area contributed by atoms with Crippen LogP contribution in [0.4, 0.5) is 5.69 Å². The average molecular weight is 466 g/mol. The van der Waals surface area contributed by atoms with Crippen LogP contribution in [0, 0.1) is 0 Å². The maximum absolute atomic E-state index is 13.0. The lowest BCUT2D eigenvalue weighted by Crippen LogP contribution is -2.48. The number of hydrogen-bond acceptors (Lipinski definition) is 5. The van der Waals surface area contributed by atoms with Crippen molar-refractivity contribution < 1.29 is 9.53 Å². The highest BCUT2D eigenvalue weighted by atomic mass is 16.5. The van der Waals surface area contributed by atoms with Crippen LogP contribution >= 0.6 is 0 Å². The van der Waals surface area contributed by atoms with E-state index in [0.717, 1.165) is 47.0 Å². The molecular weight excluding hydrogens is 438 g/mol. The molecule has 1 aliphatic rings. The molecular formula is C28H27N5O2. The highest BCUT2D eigenvalue weighted by molar-refractivity contribution is 5.93. The summed E-state index contributed by atoms with van der Waals surface area (Å²) in [6.45, 7) is 2.94. The minimum absolute atomic E-state index is 0.00202. The van der Waals surface area contributed by atoms with Gasteiger partial charge in [0.2, 0.25) is 5.91 Å². The molecule has 35 heavy (non-hydrogen) atoms. The van der Waals surface area contributed by atoms with Gasteiger partial charge in [-0.15, -0.1) is 0 Å². The highest BCUT2D eigenvalue weighted by Crippen LogP contribution is 2.32. The number of anilines is 1. The number of piperazine rings is 1. The fraction of sp³-hybridized carbons (Fsp3) is 0.179. The first kappa shape index (κ1) is 22.4. The van der Waals surface area contributed by atoms with Crippen molar-refractivity contribution in [2.45, 2.75) is 0 Å². The lowest BCUT2D eigenvalue weighted by Gasteiger charge is -2.35. The van der Waals surface area contributed by atoms with Gasteiger partial charge in [0.05, 0.1) is 12.8 Å². The number of carbonyl (C=O) groups is 1. The second-order valence-electron chi connectivity index (χ2n) is 8.26. The van der Waals surface area contributed by atoms with Crippen LogP contribution in [0.2, 0.25) is 0 Å². The van der Waals surface area contributed by atoms with Gasteiger partial charge in [-0.25, -0.2) is 4.68 Å². The SMILES string of the molecule is COc1ccccc1-c1nn(-c2ccccc2)cc1/C=C/C(=O)N1CCN(c2ccncc2)CC1. The van der Waals surface area contributed by atoms with Gasteiger partial charge in [0.25, 0.3) is 0 Å². The molecule has 4 aromatic rings. The summed E-state index contributed by atoms with van der Waals surface area (Å²) in [7, 11) is 1.65. The first-order chi connectivity index (χ1) is 17.2. The molecule has 0 aliphatic carbocycles. The predicted octanol–water partition coefficient (Wildman–Crippen LogP) is 4.30. The predicted molar refractivity (Wildman–Crippen MR) is 138 cm³/mol. The molecule has 0 bridgehead atoms. The second-order valence-corrected chi connectivity index (χ2v) is 8.26. The molecule has 1 saturated heterocycles. The van der Waals surface area contributed by atoms with Crippen LogP contribution in [0.5, 0.6) is 5.75 Å². The van der Waals surface area contributed by atoms with Crippen LogP contribution in [0.15, 0.2) is 91.4 Å². The van der Waals surface area contributed by atoms with Gasteiger partial charge >= 0.3 is 0 Å². The normalized spacial score (nSPS) is 13.9. The Morgan fingerprint density at radius 2 is 1.60 bits per heavy atom. The van der Waals surface area contributed by atoms with Crippen molar-refractivity contribution in [1.29, 1.82) is 0 Å². The molecule has 0 N–H and O–H groups in total. The molecule has 2 aromatic carbocycles. The Morgan fingerprint density at radius 1 is 0.886 bits per heavy atom. The Bertz CT molecular complexity index is 1310. The Kier molecular flexibility index (Phi) is 6.57. The van der Waals surface area contributed by atoms with E-state index in [1.165, 1.54) is 0 Å². The molecule has 0 radical (unpaired) electrons. The molecule has 7 nitrogen and oxygen atoms in total. The van der Waals surface area contributed by atoms with E-state index >= 15 is 0 Å². The summed E-state index contributed by atoms with van der Waals surface area (Å²) in [5.41, 5.74) is 4.57. The number of ether oxygens (including phenoxy) is 1. The van der Waals surface area contributed by atoms with Crippen LogP contribution in [0.1, 0.15) is 5.56 Å². The van der Waals surface area contributed by atoms with Gasteiger partial charge in [0.1, 0.15) is 11.4 Å². The van der Waals surface area contributed by atoms with E-state index in [-0.39, 0.29) is 5.91 Å². The zero-order chi connectivity index (χ0) is 24.0. The zero-order valence-electron chi connectivity index (χ0n) is 19.6. The summed E-state index contributed by atoms with van der Waals surface area (Å²) in [6, 6.07) is 21.7. The summed E-state index contributed by atoms with van der Waals surface area (Å²) < 4.78 is 7.41. The monoisotopic (exact) mass is 465 g/mol. The lowest BCUT2D eigenvalue weighted by molar-refractivity contribution is -0.126. The molecule has 0 saturated carbocycles. The summed E-state index contributed by atoms with van der Waals surface area (Å²) in [5.74, 6) is 0.733. The van der Waals surface area contributed by atoms with Crippen molar-refractivity contribution in [2.75, 3.05) is 38.2 Å². The van der Waals surface area contributed by atoms with E-state index < -0.39 is 0 Å². The smallest absolute Gasteiger partial charge is 0.246 e. The number of rotatable bonds is 6. The van der Waals surface area contributed by atoms with Gasteiger partial charge in [0, 0.05) is 67.7 Å². The topological polar surface area (TPSA) is 63.5 Å². The molecule has 2 aromatic heterocycles. The Hall–Kier alpha value is -4.39. The number of para-hydroxylation sites is 2. The molecule has 0 atom stereocenters. The second kappa shape index (κ2) is 10.3. The number of benzene rings is 2. The number of nitrogens with zero attached hydrogens (tertiary/aromatic N) is 5. The van der Waals surface area contributed by atoms with E-state index in [1.54, 1.807) is 25.6 Å². The molecule has 3 heterocycles. The maximum Gasteiger partial charge on any atom is 0.246 e. The minimum atomic E-state index is -0.00202. The van der Waals surface area contributed by atoms with Crippen molar-refractivity contribution in [2.24, 2.45) is 0 Å². The molecule has 0 unspecified atom stereocenters. The Morgan fingerprint density at radius 3 is 2.34 bits per heavy atom. The van der Waals surface area contributed by atoms with Crippen molar-refractivity contribution in [1.82, 2.24) is 19.7 Å². The Balaban J connectivity index is 1.37. The van der Waals surface area contributed by atoms with Gasteiger partial charge < -0.3 is 14.5 Å². The van der Waals surface area contributed by atoms with E-state index in [4.69, 9.17) is 9.84 Å². The quantitative estimate of drug-likeness (QED) is 0.397. The molecule has 7 heteroatoms. The fourth-order valence-electron chi connectivity index (χ4n) is 4.28. The van der Waals surface area contributed by atoms with E-state index in [9.17, 15) is 4.79 Å². The number of carbonyl (C=O) groups excluding carboxylic acids is 1. The molecule has 176 valence electrons. The summed E-state index contributed by atoms with van der Waals surface area (Å²) in [4.78, 5) is 21.3. The zero-order valence-corrected chi connectivity index (χ0v) is 19.6. The highest BCUT2D eigenvalue weighted by Gasteiger charge is 2.20. The van der Waals surface area contributed by atoms with Gasteiger partial charge in [-0.05, 0) is 42.5 Å². The third-order valence-corrected chi connectivity index (χ3v) is 6.15. The van der Waals surface area contributed by atoms with Crippen LogP contribution in [-0.2, 0) is 4.79 Å². The number of pyridine rings is 1. The van der Waals surface area contributed by atoms with E-state index in [1.807, 2.05) is 88.6 Å². The minimum Gasteiger partial charge on any atom is -0.496 e. The third kappa shape index (κ3) is 4.94. The van der Waals surface area contributed by atoms with Crippen LogP contribution in [-0.4, -0.2) is 58.9 Å². The first-order valence-corrected chi connectivity index (χ1v) is 11.6. The van der Waals surface area contributed by atoms with Gasteiger partial charge in [-0.1, -0.05) is 30.3 Å². The van der Waals surface area contributed by atoms with Crippen molar-refractivity contribution in [3.63, 3.8) is 0 Å². The van der Waals surface area contributed by atoms with Crippen LogP contribution < -0.4 is 9.64 Å². The Labute approximate surface area is 204 Å². The summed E-state index contributed by atoms with van der Waals surface area (Å²) in [5, 5.41) is 4.84. The average Bonchev–Trinajstić information content (AvgIpc) is 3.37. The number of amides is 1. The fourth-order valence-corrected chi connectivity index (χ4v) is 4.28. The number of hydrogen-bond donors (Lipinski definition) is 0. The summed E-state index contributed by atoms with van der Waals surface area (Å²) in [6.07, 6.45) is 9.04. The van der Waals surface area contributed by atoms with Crippen molar-refractivity contribution >= 4 is 17.7 Å². The largest absolute Gasteiger partial charge is 0.496 e. The maximum atomic E-state index is 13.0. The van der Waals surface area contributed by atoms with Crippen LogP contribution in [0.3, 0.4) is 0 Å². The molecule has 1 fully saturated rings. The van der Waals surface area contributed by atoms with Crippen LogP contribution in [0.25, 0.3) is 23.0 Å². The molecule has 0 spiro atoms.